The lowest BCUT2D eigenvalue weighted by atomic mass is 9.85. The number of carbonyl (C=O) groups excluding carboxylic acids is 4. The molecule has 4 amide bonds. The second-order valence-corrected chi connectivity index (χ2v) is 20.8. The van der Waals surface area contributed by atoms with Gasteiger partial charge in [-0.05, 0) is 127 Å². The van der Waals surface area contributed by atoms with E-state index in [-0.39, 0.29) is 30.3 Å². The highest BCUT2D eigenvalue weighted by Crippen LogP contribution is 2.41. The van der Waals surface area contributed by atoms with Crippen LogP contribution in [0.25, 0.3) is 21.6 Å². The number of thiazole rings is 1. The van der Waals surface area contributed by atoms with E-state index in [4.69, 9.17) is 21.7 Å². The first-order valence-electron chi connectivity index (χ1n) is 23.5. The summed E-state index contributed by atoms with van der Waals surface area (Å²) >= 11 is 7.25. The molecule has 6 aromatic rings. The van der Waals surface area contributed by atoms with Gasteiger partial charge in [0.25, 0.3) is 11.8 Å². The number of β-amino-alcohol motifs (C(OH)–C–C–N with tert-alkyl or cyclic N) is 1. The van der Waals surface area contributed by atoms with Crippen molar-refractivity contribution in [3.05, 3.63) is 143 Å². The average Bonchev–Trinajstić information content (AvgIpc) is 4.03. The van der Waals surface area contributed by atoms with E-state index in [1.54, 1.807) is 105 Å². The van der Waals surface area contributed by atoms with Gasteiger partial charge in [0.15, 0.2) is 11.7 Å². The third kappa shape index (κ3) is 11.3. The summed E-state index contributed by atoms with van der Waals surface area (Å²) in [6.45, 7) is 10.4. The molecule has 19 heteroatoms. The molecule has 2 aliphatic heterocycles. The second-order valence-electron chi connectivity index (χ2n) is 19.5. The Morgan fingerprint density at radius 3 is 2.20 bits per heavy atom. The molecule has 2 saturated heterocycles. The number of aliphatic hydroxyl groups excluding tert-OH is 1. The largest absolute Gasteiger partial charge is 0.484 e. The number of aromatic nitrogens is 1. The number of nitrogens with zero attached hydrogens (tertiary/aromatic N) is 5. The van der Waals surface area contributed by atoms with Crippen LogP contribution in [0.5, 0.6) is 17.2 Å². The van der Waals surface area contributed by atoms with Crippen LogP contribution in [0.1, 0.15) is 63.4 Å². The number of thiocarbonyl (C=S) groups is 1. The van der Waals surface area contributed by atoms with Gasteiger partial charge in [0, 0.05) is 25.2 Å². The number of aryl methyl sites for hydroxylation is 1. The molecule has 8 rings (SSSR count). The molecule has 0 aliphatic carbocycles. The Balaban J connectivity index is 0.852. The van der Waals surface area contributed by atoms with Gasteiger partial charge in [-0.1, -0.05) is 69.3 Å². The molecule has 382 valence electrons. The number of carbonyl (C=O) groups is 4. The normalized spacial score (nSPS) is 17.0. The first-order valence-corrected chi connectivity index (χ1v) is 24.8. The van der Waals surface area contributed by atoms with Crippen LogP contribution in [0.15, 0.2) is 121 Å². The summed E-state index contributed by atoms with van der Waals surface area (Å²) in [4.78, 5) is 64.0. The predicted molar refractivity (Wildman–Crippen MR) is 278 cm³/mol. The molecular weight excluding hydrogens is 992 g/mol. The molecule has 3 N–H and O–H groups in total. The van der Waals surface area contributed by atoms with Gasteiger partial charge in [-0.3, -0.25) is 24.1 Å². The van der Waals surface area contributed by atoms with Crippen molar-refractivity contribution in [1.29, 1.82) is 5.26 Å². The maximum atomic E-state index is 14.1. The number of likely N-dealkylation sites (tertiary alicyclic amines) is 1. The van der Waals surface area contributed by atoms with Crippen molar-refractivity contribution in [1.82, 2.24) is 20.5 Å². The highest BCUT2D eigenvalue weighted by Gasteiger charge is 2.51. The fourth-order valence-corrected chi connectivity index (χ4v) is 10.2. The highest BCUT2D eigenvalue weighted by atomic mass is 32.1. The van der Waals surface area contributed by atoms with Gasteiger partial charge in [0.1, 0.15) is 34.9 Å². The van der Waals surface area contributed by atoms with E-state index in [0.717, 1.165) is 49.9 Å². The molecule has 0 saturated carbocycles. The lowest BCUT2D eigenvalue weighted by molar-refractivity contribution is -0.144. The molecule has 1 aromatic heterocycles. The van der Waals surface area contributed by atoms with Crippen LogP contribution >= 0.6 is 23.6 Å². The summed E-state index contributed by atoms with van der Waals surface area (Å²) in [6, 6.07) is 31.5. The van der Waals surface area contributed by atoms with Gasteiger partial charge in [0.05, 0.1) is 45.1 Å². The Morgan fingerprint density at radius 2 is 1.57 bits per heavy atom. The predicted octanol–water partition coefficient (Wildman–Crippen LogP) is 9.57. The van der Waals surface area contributed by atoms with Crippen LogP contribution in [-0.2, 0) is 31.9 Å². The molecule has 0 radical (unpaired) electrons. The Labute approximate surface area is 435 Å². The number of anilines is 2. The van der Waals surface area contributed by atoms with E-state index in [2.05, 4.69) is 15.6 Å². The maximum Gasteiger partial charge on any atom is 0.417 e. The monoisotopic (exact) mass is 1040 g/mol. The molecule has 74 heavy (non-hydrogen) atoms. The number of amides is 4. The van der Waals surface area contributed by atoms with Crippen molar-refractivity contribution in [3.8, 4) is 44.9 Å². The third-order valence-electron chi connectivity index (χ3n) is 12.8. The number of hydrogen-bond donors (Lipinski definition) is 3. The lowest BCUT2D eigenvalue weighted by Gasteiger charge is -2.35. The van der Waals surface area contributed by atoms with Crippen LogP contribution in [0, 0.1) is 23.7 Å². The quantitative estimate of drug-likeness (QED) is 0.0886. The molecule has 3 atom stereocenters. The van der Waals surface area contributed by atoms with E-state index < -0.39 is 76.7 Å². The summed E-state index contributed by atoms with van der Waals surface area (Å²) in [5.41, 5.74) is 2.90. The Kier molecular flexibility index (Phi) is 15.0. The fraction of sp³-hybridized carbons (Fsp3) is 0.291. The Hall–Kier alpha value is -7.66. The number of benzene rings is 5. The minimum atomic E-state index is -4.82. The summed E-state index contributed by atoms with van der Waals surface area (Å²) in [5.74, 6) is -0.645. The van der Waals surface area contributed by atoms with E-state index in [1.165, 1.54) is 11.0 Å². The van der Waals surface area contributed by atoms with Crippen molar-refractivity contribution in [2.24, 2.45) is 5.41 Å². The minimum Gasteiger partial charge on any atom is -0.484 e. The summed E-state index contributed by atoms with van der Waals surface area (Å²) in [5, 5.41) is 25.6. The molecule has 1 unspecified atom stereocenters. The van der Waals surface area contributed by atoms with Gasteiger partial charge in [-0.2, -0.15) is 18.4 Å². The van der Waals surface area contributed by atoms with Crippen molar-refractivity contribution >= 4 is 63.7 Å². The van der Waals surface area contributed by atoms with Crippen LogP contribution < -0.4 is 29.9 Å². The molecule has 14 nitrogen and oxygen atoms in total. The second kappa shape index (κ2) is 21.1. The van der Waals surface area contributed by atoms with Crippen LogP contribution in [0.2, 0.25) is 0 Å². The van der Waals surface area contributed by atoms with Gasteiger partial charge in [-0.15, -0.1) is 11.3 Å². The van der Waals surface area contributed by atoms with Crippen LogP contribution in [0.4, 0.5) is 24.5 Å². The third-order valence-corrected chi connectivity index (χ3v) is 14.1. The zero-order valence-corrected chi connectivity index (χ0v) is 42.8. The number of halogens is 3. The highest BCUT2D eigenvalue weighted by molar-refractivity contribution is 7.81. The molecule has 2 fully saturated rings. The number of hydrogen-bond acceptors (Lipinski definition) is 11. The summed E-state index contributed by atoms with van der Waals surface area (Å²) in [7, 11) is 0. The first-order chi connectivity index (χ1) is 35.0. The standard InChI is InChI=1S/C55H52F3N7O7S2/c1-32-47(74-31-61-32)35-12-10-33(11-13-35)28-60-49(68)45-26-40(66)29-63(45)50(69)48(53(2,3)4)62-46(67)30-71-41-20-22-42(23-21-41)72-43-9-7-8-36(24-43)34-14-17-38(18-15-34)65-52(73)64(51(70)54(65,5)6)39-19-16-37(27-59)44(25-39)55(56,57)58/h7-25,31,40,45,48,66H,26,28-30H2,1-6H3,(H,60,68)(H,62,67)/t40-,45+,48?/m1/s1. The van der Waals surface area contributed by atoms with E-state index in [1.807, 2.05) is 61.5 Å². The van der Waals surface area contributed by atoms with E-state index >= 15 is 0 Å². The summed E-state index contributed by atoms with van der Waals surface area (Å²) in [6.07, 6.45) is -5.68. The molecule has 2 aliphatic rings. The molecular formula is C55H52F3N7O7S2. The van der Waals surface area contributed by atoms with E-state index in [9.17, 15) is 42.7 Å². The van der Waals surface area contributed by atoms with Gasteiger partial charge in [0.2, 0.25) is 11.8 Å². The van der Waals surface area contributed by atoms with Crippen molar-refractivity contribution in [2.45, 2.75) is 84.4 Å². The number of nitriles is 1. The first kappa shape index (κ1) is 52.7. The molecule has 0 spiro atoms. The number of ether oxygens (including phenoxy) is 2. The zero-order chi connectivity index (χ0) is 53.3. The van der Waals surface area contributed by atoms with Crippen molar-refractivity contribution in [2.75, 3.05) is 23.0 Å². The SMILES string of the molecule is Cc1ncsc1-c1ccc(CNC(=O)[C@@H]2C[C@@H](O)CN2C(=O)C(NC(=O)COc2ccc(Oc3cccc(-c4ccc(N5C(=S)N(c6ccc(C#N)c(C(F)(F)F)c6)C(=O)C5(C)C)cc4)c3)cc2)C(C)(C)C)cc1. The van der Waals surface area contributed by atoms with E-state index in [0.29, 0.717) is 22.9 Å². The number of rotatable bonds is 14. The summed E-state index contributed by atoms with van der Waals surface area (Å²) < 4.78 is 53.4. The van der Waals surface area contributed by atoms with Gasteiger partial charge in [-0.25, -0.2) is 4.98 Å². The number of alkyl halides is 3. The maximum absolute atomic E-state index is 14.1. The number of aliphatic hydroxyl groups is 1. The topological polar surface area (TPSA) is 177 Å². The Morgan fingerprint density at radius 1 is 0.905 bits per heavy atom. The van der Waals surface area contributed by atoms with Gasteiger partial charge >= 0.3 is 6.18 Å². The average molecular weight is 1040 g/mol. The van der Waals surface area contributed by atoms with Crippen molar-refractivity contribution < 1.29 is 46.9 Å². The van der Waals surface area contributed by atoms with Crippen LogP contribution in [-0.4, -0.2) is 80.6 Å². The molecule has 3 heterocycles. The zero-order valence-electron chi connectivity index (χ0n) is 41.2. The minimum absolute atomic E-state index is 0.0173. The van der Waals surface area contributed by atoms with Crippen LogP contribution in [0.3, 0.4) is 0 Å². The van der Waals surface area contributed by atoms with Crippen molar-refractivity contribution in [3.63, 3.8) is 0 Å². The lowest BCUT2D eigenvalue weighted by Crippen LogP contribution is -2.58. The Bertz CT molecular complexity index is 3150. The molecule has 5 aromatic carbocycles. The smallest absolute Gasteiger partial charge is 0.417 e. The number of nitrogens with one attached hydrogen (secondary N) is 2. The molecule has 0 bridgehead atoms. The fourth-order valence-electron chi connectivity index (χ4n) is 8.87. The van der Waals surface area contributed by atoms with Gasteiger partial charge < -0.3 is 35.0 Å².